The highest BCUT2D eigenvalue weighted by atomic mass is 19.1. The number of carbonyl (C=O) groups is 1. The van der Waals surface area contributed by atoms with Crippen LogP contribution in [0.3, 0.4) is 0 Å². The van der Waals surface area contributed by atoms with Crippen LogP contribution in [0.15, 0.2) is 12.1 Å². The van der Waals surface area contributed by atoms with Gasteiger partial charge in [-0.1, -0.05) is 0 Å². The highest BCUT2D eigenvalue weighted by Gasteiger charge is 2.25. The number of halogens is 2. The van der Waals surface area contributed by atoms with E-state index in [4.69, 9.17) is 9.47 Å². The molecule has 0 spiro atoms. The molecule has 19 heavy (non-hydrogen) atoms. The van der Waals surface area contributed by atoms with Crippen molar-refractivity contribution in [1.29, 1.82) is 0 Å². The molecule has 0 fully saturated rings. The van der Waals surface area contributed by atoms with Crippen LogP contribution in [0.2, 0.25) is 0 Å². The van der Waals surface area contributed by atoms with Crippen LogP contribution in [-0.4, -0.2) is 17.7 Å². The first-order chi connectivity index (χ1) is 8.60. The molecule has 1 rings (SSSR count). The minimum atomic E-state index is -1.03. The zero-order valence-corrected chi connectivity index (χ0v) is 11.7. The summed E-state index contributed by atoms with van der Waals surface area (Å²) in [7, 11) is 0. The van der Waals surface area contributed by atoms with Crippen molar-refractivity contribution in [2.75, 3.05) is 0 Å². The molecule has 0 radical (unpaired) electrons. The standard InChI is InChI=1S/C14H18F2O3/c1-8(2)18-9-6-10(15)12(11(16)7-9)13(17)19-14(3,4)5/h6-8H,1-5H3. The molecule has 1 aromatic rings. The SMILES string of the molecule is CC(C)Oc1cc(F)c(C(=O)OC(C)(C)C)c(F)c1. The summed E-state index contributed by atoms with van der Waals surface area (Å²) in [6.07, 6.45) is -0.217. The average molecular weight is 272 g/mol. The molecule has 0 aliphatic heterocycles. The summed E-state index contributed by atoms with van der Waals surface area (Å²) in [6.45, 7) is 8.33. The van der Waals surface area contributed by atoms with E-state index in [9.17, 15) is 13.6 Å². The first-order valence-corrected chi connectivity index (χ1v) is 5.99. The molecule has 0 saturated heterocycles. The predicted molar refractivity (Wildman–Crippen MR) is 67.3 cm³/mol. The molecule has 0 saturated carbocycles. The first-order valence-electron chi connectivity index (χ1n) is 5.99. The van der Waals surface area contributed by atoms with Gasteiger partial charge in [0.15, 0.2) is 0 Å². The van der Waals surface area contributed by atoms with Gasteiger partial charge in [-0.05, 0) is 34.6 Å². The summed E-state index contributed by atoms with van der Waals surface area (Å²) in [5, 5.41) is 0. The van der Waals surface area contributed by atoms with E-state index in [0.29, 0.717) is 0 Å². The Morgan fingerprint density at radius 2 is 1.63 bits per heavy atom. The number of hydrogen-bond acceptors (Lipinski definition) is 3. The van der Waals surface area contributed by atoms with E-state index < -0.39 is 28.8 Å². The van der Waals surface area contributed by atoms with Crippen LogP contribution in [0.5, 0.6) is 5.75 Å². The molecule has 0 heterocycles. The summed E-state index contributed by atoms with van der Waals surface area (Å²) < 4.78 is 37.7. The minimum absolute atomic E-state index is 0.0392. The lowest BCUT2D eigenvalue weighted by molar-refractivity contribution is 0.00595. The van der Waals surface area contributed by atoms with Gasteiger partial charge in [-0.15, -0.1) is 0 Å². The normalized spacial score (nSPS) is 11.6. The van der Waals surface area contributed by atoms with Crippen LogP contribution >= 0.6 is 0 Å². The Bertz CT molecular complexity index is 453. The number of benzene rings is 1. The molecule has 0 amide bonds. The van der Waals surface area contributed by atoms with Gasteiger partial charge >= 0.3 is 5.97 Å². The number of esters is 1. The van der Waals surface area contributed by atoms with Gasteiger partial charge in [0.25, 0.3) is 0 Å². The van der Waals surface area contributed by atoms with Crippen molar-refractivity contribution >= 4 is 5.97 Å². The van der Waals surface area contributed by atoms with Crippen molar-refractivity contribution in [3.63, 3.8) is 0 Å². The van der Waals surface area contributed by atoms with Crippen molar-refractivity contribution < 1.29 is 23.0 Å². The summed E-state index contributed by atoms with van der Waals surface area (Å²) >= 11 is 0. The molecule has 0 aliphatic rings. The number of carbonyl (C=O) groups excluding carboxylic acids is 1. The monoisotopic (exact) mass is 272 g/mol. The van der Waals surface area contributed by atoms with Crippen LogP contribution in [0.1, 0.15) is 45.0 Å². The molecule has 0 N–H and O–H groups in total. The van der Waals surface area contributed by atoms with Crippen molar-refractivity contribution in [3.8, 4) is 5.75 Å². The molecule has 106 valence electrons. The van der Waals surface area contributed by atoms with Crippen molar-refractivity contribution in [2.24, 2.45) is 0 Å². The molecule has 0 aliphatic carbocycles. The second kappa shape index (κ2) is 5.55. The molecule has 5 heteroatoms. The van der Waals surface area contributed by atoms with Crippen molar-refractivity contribution in [2.45, 2.75) is 46.3 Å². The van der Waals surface area contributed by atoms with E-state index in [1.807, 2.05) is 0 Å². The van der Waals surface area contributed by atoms with E-state index in [1.54, 1.807) is 34.6 Å². The quantitative estimate of drug-likeness (QED) is 0.787. The van der Waals surface area contributed by atoms with E-state index in [0.717, 1.165) is 12.1 Å². The second-order valence-electron chi connectivity index (χ2n) is 5.43. The zero-order valence-electron chi connectivity index (χ0n) is 11.7. The van der Waals surface area contributed by atoms with E-state index in [-0.39, 0.29) is 11.9 Å². The largest absolute Gasteiger partial charge is 0.491 e. The summed E-state index contributed by atoms with van der Waals surface area (Å²) in [5.41, 5.74) is -1.52. The molecule has 0 aromatic heterocycles. The summed E-state index contributed by atoms with van der Waals surface area (Å²) in [4.78, 5) is 11.7. The smallest absolute Gasteiger partial charge is 0.344 e. The van der Waals surface area contributed by atoms with Gasteiger partial charge in [-0.2, -0.15) is 0 Å². The number of rotatable bonds is 3. The second-order valence-corrected chi connectivity index (χ2v) is 5.43. The lowest BCUT2D eigenvalue weighted by Gasteiger charge is -2.20. The summed E-state index contributed by atoms with van der Waals surface area (Å²) in [6, 6.07) is 1.95. The molecule has 0 unspecified atom stereocenters. The zero-order chi connectivity index (χ0) is 14.8. The van der Waals surface area contributed by atoms with Crippen molar-refractivity contribution in [1.82, 2.24) is 0 Å². The lowest BCUT2D eigenvalue weighted by atomic mass is 10.1. The third kappa shape index (κ3) is 4.50. The Balaban J connectivity index is 3.07. The van der Waals surface area contributed by atoms with Gasteiger partial charge in [0, 0.05) is 12.1 Å². The lowest BCUT2D eigenvalue weighted by Crippen LogP contribution is -2.25. The Labute approximate surface area is 111 Å². The highest BCUT2D eigenvalue weighted by Crippen LogP contribution is 2.23. The average Bonchev–Trinajstić information content (AvgIpc) is 2.10. The Hall–Kier alpha value is -1.65. The van der Waals surface area contributed by atoms with Crippen LogP contribution in [-0.2, 0) is 4.74 Å². The van der Waals surface area contributed by atoms with E-state index in [1.165, 1.54) is 0 Å². The summed E-state index contributed by atoms with van der Waals surface area (Å²) in [5.74, 6) is -2.98. The topological polar surface area (TPSA) is 35.5 Å². The fourth-order valence-electron chi connectivity index (χ4n) is 1.41. The van der Waals surface area contributed by atoms with Gasteiger partial charge in [-0.25, -0.2) is 13.6 Å². The van der Waals surface area contributed by atoms with Crippen LogP contribution < -0.4 is 4.74 Å². The maximum Gasteiger partial charge on any atom is 0.344 e. The van der Waals surface area contributed by atoms with Gasteiger partial charge < -0.3 is 9.47 Å². The fourth-order valence-corrected chi connectivity index (χ4v) is 1.41. The molecule has 0 bridgehead atoms. The third-order valence-corrected chi connectivity index (χ3v) is 1.99. The molecule has 1 aromatic carbocycles. The van der Waals surface area contributed by atoms with Crippen LogP contribution in [0.25, 0.3) is 0 Å². The predicted octanol–water partition coefficient (Wildman–Crippen LogP) is 3.71. The van der Waals surface area contributed by atoms with Crippen LogP contribution in [0, 0.1) is 11.6 Å². The Kier molecular flexibility index (Phi) is 4.50. The van der Waals surface area contributed by atoms with Gasteiger partial charge in [0.1, 0.15) is 28.5 Å². The van der Waals surface area contributed by atoms with Crippen molar-refractivity contribution in [3.05, 3.63) is 29.3 Å². The van der Waals surface area contributed by atoms with Gasteiger partial charge in [0.05, 0.1) is 6.10 Å². The van der Waals surface area contributed by atoms with E-state index >= 15 is 0 Å². The van der Waals surface area contributed by atoms with Crippen LogP contribution in [0.4, 0.5) is 8.78 Å². The van der Waals surface area contributed by atoms with Gasteiger partial charge in [-0.3, -0.25) is 0 Å². The molecule has 3 nitrogen and oxygen atoms in total. The molecular weight excluding hydrogens is 254 g/mol. The Morgan fingerprint density at radius 3 is 2.00 bits per heavy atom. The third-order valence-electron chi connectivity index (χ3n) is 1.99. The number of hydrogen-bond donors (Lipinski definition) is 0. The Morgan fingerprint density at radius 1 is 1.16 bits per heavy atom. The van der Waals surface area contributed by atoms with Gasteiger partial charge in [0.2, 0.25) is 0 Å². The maximum absolute atomic E-state index is 13.8. The fraction of sp³-hybridized carbons (Fsp3) is 0.500. The minimum Gasteiger partial charge on any atom is -0.491 e. The highest BCUT2D eigenvalue weighted by molar-refractivity contribution is 5.90. The van der Waals surface area contributed by atoms with E-state index in [2.05, 4.69) is 0 Å². The number of ether oxygens (including phenoxy) is 2. The molecule has 0 atom stereocenters. The molecular formula is C14H18F2O3. The first kappa shape index (κ1) is 15.4. The maximum atomic E-state index is 13.8.